The molecule has 0 spiro atoms. The fourth-order valence-corrected chi connectivity index (χ4v) is 3.44. The lowest BCUT2D eigenvalue weighted by Gasteiger charge is -2.15. The summed E-state index contributed by atoms with van der Waals surface area (Å²) in [6, 6.07) is 14.5. The third-order valence-corrected chi connectivity index (χ3v) is 5.25. The van der Waals surface area contributed by atoms with Crippen LogP contribution in [0.25, 0.3) is 0 Å². The average Bonchev–Trinajstić information content (AvgIpc) is 3.11. The molecule has 2 N–H and O–H groups in total. The van der Waals surface area contributed by atoms with Crippen molar-refractivity contribution in [1.29, 1.82) is 0 Å². The third kappa shape index (κ3) is 5.91. The smallest absolute Gasteiger partial charge is 0.257 e. The van der Waals surface area contributed by atoms with Crippen LogP contribution >= 0.6 is 0 Å². The molecule has 1 heterocycles. The minimum atomic E-state index is -0.282. The first-order valence-electron chi connectivity index (χ1n) is 11.0. The zero-order chi connectivity index (χ0) is 23.8. The maximum atomic E-state index is 12.9. The summed E-state index contributed by atoms with van der Waals surface area (Å²) >= 11 is 0. The Bertz CT molecular complexity index is 1120. The van der Waals surface area contributed by atoms with E-state index in [2.05, 4.69) is 22.7 Å². The number of aryl methyl sites for hydroxylation is 2. The molecule has 33 heavy (non-hydrogen) atoms. The minimum Gasteiger partial charge on any atom is -0.497 e. The van der Waals surface area contributed by atoms with Crippen molar-refractivity contribution in [1.82, 2.24) is 15.1 Å². The van der Waals surface area contributed by atoms with Gasteiger partial charge in [-0.25, -0.2) is 4.99 Å². The van der Waals surface area contributed by atoms with Crippen molar-refractivity contribution in [2.45, 2.75) is 40.8 Å². The second-order valence-electron chi connectivity index (χ2n) is 7.37. The van der Waals surface area contributed by atoms with Crippen molar-refractivity contribution in [2.24, 2.45) is 4.99 Å². The van der Waals surface area contributed by atoms with Crippen LogP contribution in [0, 0.1) is 13.8 Å². The molecule has 0 atom stereocenters. The quantitative estimate of drug-likeness (QED) is 0.395. The maximum absolute atomic E-state index is 12.9. The van der Waals surface area contributed by atoms with Crippen LogP contribution in [0.1, 0.15) is 41.2 Å². The molecule has 3 rings (SSSR count). The van der Waals surface area contributed by atoms with Gasteiger partial charge in [-0.3, -0.25) is 14.8 Å². The molecule has 0 fully saturated rings. The van der Waals surface area contributed by atoms with E-state index in [0.29, 0.717) is 41.9 Å². The van der Waals surface area contributed by atoms with Gasteiger partial charge in [0.05, 0.1) is 31.6 Å². The summed E-state index contributed by atoms with van der Waals surface area (Å²) in [5.41, 5.74) is 4.23. The molecule has 1 amide bonds. The Morgan fingerprint density at radius 2 is 1.82 bits per heavy atom. The molecule has 2 aromatic carbocycles. The molecule has 0 saturated carbocycles. The van der Waals surface area contributed by atoms with E-state index in [1.54, 1.807) is 31.4 Å². The Morgan fingerprint density at radius 3 is 2.45 bits per heavy atom. The van der Waals surface area contributed by atoms with Gasteiger partial charge in [0, 0.05) is 23.4 Å². The third-order valence-electron chi connectivity index (χ3n) is 5.25. The number of amides is 1. The highest BCUT2D eigenvalue weighted by Gasteiger charge is 2.14. The number of rotatable bonds is 8. The van der Waals surface area contributed by atoms with Crippen molar-refractivity contribution < 1.29 is 14.3 Å². The molecule has 0 radical (unpaired) electrons. The van der Waals surface area contributed by atoms with Gasteiger partial charge in [-0.2, -0.15) is 5.10 Å². The number of carbonyl (C=O) groups excluding carboxylic acids is 1. The van der Waals surface area contributed by atoms with Crippen LogP contribution in [0.5, 0.6) is 11.5 Å². The van der Waals surface area contributed by atoms with Gasteiger partial charge < -0.3 is 14.8 Å². The number of anilines is 1. The van der Waals surface area contributed by atoms with Crippen molar-refractivity contribution in [3.05, 3.63) is 71.0 Å². The Morgan fingerprint density at radius 1 is 1.09 bits per heavy atom. The average molecular weight is 450 g/mol. The predicted molar refractivity (Wildman–Crippen MR) is 130 cm³/mol. The number of benzene rings is 2. The van der Waals surface area contributed by atoms with Gasteiger partial charge in [-0.15, -0.1) is 0 Å². The van der Waals surface area contributed by atoms with Gasteiger partial charge in [0.25, 0.3) is 5.91 Å². The molecule has 3 aromatic rings. The van der Waals surface area contributed by atoms with E-state index in [4.69, 9.17) is 14.5 Å². The van der Waals surface area contributed by atoms with E-state index in [1.165, 1.54) is 0 Å². The van der Waals surface area contributed by atoms with Crippen molar-refractivity contribution in [3.63, 3.8) is 0 Å². The van der Waals surface area contributed by atoms with E-state index in [-0.39, 0.29) is 5.91 Å². The van der Waals surface area contributed by atoms with E-state index in [0.717, 1.165) is 23.5 Å². The van der Waals surface area contributed by atoms with Gasteiger partial charge in [-0.05, 0) is 64.1 Å². The van der Waals surface area contributed by atoms with Crippen LogP contribution in [0.2, 0.25) is 0 Å². The summed E-state index contributed by atoms with van der Waals surface area (Å²) in [6.07, 6.45) is 0. The fraction of sp³-hybridized carbons (Fsp3) is 0.320. The SMILES string of the molecule is CCOc1ccccc1NC(=NCc1c(C)nn(CC)c1C)NC(=O)c1ccc(OC)cc1. The van der Waals surface area contributed by atoms with Crippen LogP contribution in [0.3, 0.4) is 0 Å². The van der Waals surface area contributed by atoms with E-state index < -0.39 is 0 Å². The van der Waals surface area contributed by atoms with Gasteiger partial charge in [0.15, 0.2) is 0 Å². The van der Waals surface area contributed by atoms with Crippen LogP contribution < -0.4 is 20.1 Å². The van der Waals surface area contributed by atoms with Gasteiger partial charge in [0.1, 0.15) is 11.5 Å². The Kier molecular flexibility index (Phi) is 8.07. The highest BCUT2D eigenvalue weighted by atomic mass is 16.5. The lowest BCUT2D eigenvalue weighted by atomic mass is 10.2. The summed E-state index contributed by atoms with van der Waals surface area (Å²) in [7, 11) is 1.59. The van der Waals surface area contributed by atoms with E-state index in [1.807, 2.05) is 49.7 Å². The number of aliphatic imine (C=N–C) groups is 1. The molecule has 0 bridgehead atoms. The number of hydrogen-bond donors (Lipinski definition) is 2. The Balaban J connectivity index is 1.89. The molecule has 8 nitrogen and oxygen atoms in total. The van der Waals surface area contributed by atoms with Crippen molar-refractivity contribution in [3.8, 4) is 11.5 Å². The molecule has 0 aliphatic carbocycles. The summed E-state index contributed by atoms with van der Waals surface area (Å²) in [4.78, 5) is 17.6. The molecule has 8 heteroatoms. The lowest BCUT2D eigenvalue weighted by Crippen LogP contribution is -2.36. The monoisotopic (exact) mass is 449 g/mol. The molecule has 1 aromatic heterocycles. The number of para-hydroxylation sites is 2. The molecular weight excluding hydrogens is 418 g/mol. The van der Waals surface area contributed by atoms with Gasteiger partial charge in [0.2, 0.25) is 5.96 Å². The molecule has 0 aliphatic rings. The molecular formula is C25H31N5O3. The highest BCUT2D eigenvalue weighted by Crippen LogP contribution is 2.24. The normalized spacial score (nSPS) is 11.2. The first kappa shape index (κ1) is 23.8. The zero-order valence-corrected chi connectivity index (χ0v) is 19.8. The summed E-state index contributed by atoms with van der Waals surface area (Å²) < 4.78 is 12.8. The molecule has 0 unspecified atom stereocenters. The van der Waals surface area contributed by atoms with E-state index in [9.17, 15) is 4.79 Å². The van der Waals surface area contributed by atoms with Crippen LogP contribution in [-0.2, 0) is 13.1 Å². The number of guanidine groups is 1. The lowest BCUT2D eigenvalue weighted by molar-refractivity contribution is 0.0977. The molecule has 0 saturated heterocycles. The number of hydrogen-bond acceptors (Lipinski definition) is 5. The molecule has 0 aliphatic heterocycles. The van der Waals surface area contributed by atoms with Gasteiger partial charge >= 0.3 is 0 Å². The topological polar surface area (TPSA) is 89.8 Å². The number of ether oxygens (including phenoxy) is 2. The number of methoxy groups -OCH3 is 1. The highest BCUT2D eigenvalue weighted by molar-refractivity contribution is 6.10. The second kappa shape index (κ2) is 11.2. The van der Waals surface area contributed by atoms with Crippen LogP contribution in [0.15, 0.2) is 53.5 Å². The standard InChI is InChI=1S/C25H31N5O3/c1-6-30-18(4)21(17(3)29-30)16-26-25(27-22-10-8-9-11-23(22)33-7-2)28-24(31)19-12-14-20(32-5)15-13-19/h8-15H,6-7,16H2,1-5H3,(H2,26,27,28,31). The number of nitrogens with one attached hydrogen (secondary N) is 2. The molecule has 174 valence electrons. The second-order valence-corrected chi connectivity index (χ2v) is 7.37. The first-order chi connectivity index (χ1) is 16.0. The number of carbonyl (C=O) groups is 1. The van der Waals surface area contributed by atoms with E-state index >= 15 is 0 Å². The summed E-state index contributed by atoms with van der Waals surface area (Å²) in [5.74, 6) is 1.40. The zero-order valence-electron chi connectivity index (χ0n) is 19.8. The number of nitrogens with zero attached hydrogens (tertiary/aromatic N) is 3. The first-order valence-corrected chi connectivity index (χ1v) is 11.0. The van der Waals surface area contributed by atoms with Crippen molar-refractivity contribution in [2.75, 3.05) is 19.0 Å². The van der Waals surface area contributed by atoms with Crippen molar-refractivity contribution >= 4 is 17.6 Å². The van der Waals surface area contributed by atoms with Gasteiger partial charge in [-0.1, -0.05) is 12.1 Å². The largest absolute Gasteiger partial charge is 0.497 e. The number of aromatic nitrogens is 2. The Labute approximate surface area is 194 Å². The minimum absolute atomic E-state index is 0.282. The summed E-state index contributed by atoms with van der Waals surface area (Å²) in [6.45, 7) is 9.67. The Hall–Kier alpha value is -3.81. The summed E-state index contributed by atoms with van der Waals surface area (Å²) in [5, 5.41) is 10.7. The predicted octanol–water partition coefficient (Wildman–Crippen LogP) is 4.33. The fourth-order valence-electron chi connectivity index (χ4n) is 3.44. The van der Waals surface area contributed by atoms with Crippen LogP contribution in [-0.4, -0.2) is 35.4 Å². The maximum Gasteiger partial charge on any atom is 0.257 e. The van der Waals surface area contributed by atoms with Crippen LogP contribution in [0.4, 0.5) is 5.69 Å².